The van der Waals surface area contributed by atoms with E-state index in [4.69, 9.17) is 4.74 Å². The molecule has 4 nitrogen and oxygen atoms in total. The Balaban J connectivity index is 1.61. The van der Waals surface area contributed by atoms with Crippen molar-refractivity contribution in [2.45, 2.75) is 19.4 Å². The number of nitrogens with one attached hydrogen (secondary N) is 1. The van der Waals surface area contributed by atoms with Gasteiger partial charge in [-0.05, 0) is 50.8 Å². The molecule has 0 saturated carbocycles. The number of hydrogen-bond acceptors (Lipinski definition) is 3. The molecule has 0 aliphatic carbocycles. The quantitative estimate of drug-likeness (QED) is 0.388. The molecule has 28 heavy (non-hydrogen) atoms. The summed E-state index contributed by atoms with van der Waals surface area (Å²) in [6.07, 6.45) is 5.13. The number of ether oxygens (including phenoxy) is 1. The van der Waals surface area contributed by atoms with Crippen LogP contribution < -0.4 is 10.2 Å². The summed E-state index contributed by atoms with van der Waals surface area (Å²) in [6.45, 7) is 1.90. The molecule has 0 aliphatic rings. The molecular weight excluding hydrogens is 416 g/mol. The summed E-state index contributed by atoms with van der Waals surface area (Å²) in [6, 6.07) is 21.7. The number of nitrogens with zero attached hydrogens (tertiary/aromatic N) is 1. The van der Waals surface area contributed by atoms with E-state index in [1.165, 1.54) is 0 Å². The Morgan fingerprint density at radius 1 is 1.11 bits per heavy atom. The zero-order valence-electron chi connectivity index (χ0n) is 15.5. The Morgan fingerprint density at radius 3 is 2.64 bits per heavy atom. The molecule has 1 atom stereocenters. The Morgan fingerprint density at radius 2 is 1.86 bits per heavy atom. The molecule has 0 bridgehead atoms. The number of carbonyl (C=O) groups is 1. The largest absolute Gasteiger partial charge is 0.479 e. The van der Waals surface area contributed by atoms with Crippen molar-refractivity contribution in [2.24, 2.45) is 5.10 Å². The van der Waals surface area contributed by atoms with Crippen molar-refractivity contribution in [2.75, 3.05) is 0 Å². The number of halogens is 1. The maximum absolute atomic E-state index is 12.4. The second-order valence-electron chi connectivity index (χ2n) is 6.14. The molecular formula is C23H21BrN2O2. The SMILES string of the molecule is CCC(Oc1ccc2ccccc2c1Br)C(=O)NN=CC=Cc1ccccc1. The lowest BCUT2D eigenvalue weighted by Gasteiger charge is -2.17. The molecule has 3 aromatic rings. The van der Waals surface area contributed by atoms with Gasteiger partial charge in [0, 0.05) is 6.21 Å². The normalized spacial score (nSPS) is 12.5. The molecule has 142 valence electrons. The van der Waals surface area contributed by atoms with Crippen LogP contribution in [0.15, 0.2) is 82.4 Å². The molecule has 0 saturated heterocycles. The van der Waals surface area contributed by atoms with Gasteiger partial charge < -0.3 is 4.74 Å². The van der Waals surface area contributed by atoms with Crippen molar-refractivity contribution in [3.63, 3.8) is 0 Å². The summed E-state index contributed by atoms with van der Waals surface area (Å²) in [5, 5.41) is 6.11. The van der Waals surface area contributed by atoms with Crippen LogP contribution >= 0.6 is 15.9 Å². The highest BCUT2D eigenvalue weighted by atomic mass is 79.9. The van der Waals surface area contributed by atoms with Crippen molar-refractivity contribution in [1.82, 2.24) is 5.43 Å². The van der Waals surface area contributed by atoms with Crippen molar-refractivity contribution in [1.29, 1.82) is 0 Å². The van der Waals surface area contributed by atoms with Crippen LogP contribution in [0.1, 0.15) is 18.9 Å². The monoisotopic (exact) mass is 436 g/mol. The van der Waals surface area contributed by atoms with E-state index in [1.807, 2.05) is 79.7 Å². The third-order valence-corrected chi connectivity index (χ3v) is 5.00. The van der Waals surface area contributed by atoms with E-state index in [0.717, 1.165) is 20.8 Å². The number of allylic oxidation sites excluding steroid dienone is 1. The maximum atomic E-state index is 12.4. The van der Waals surface area contributed by atoms with Gasteiger partial charge in [-0.3, -0.25) is 4.79 Å². The predicted molar refractivity (Wildman–Crippen MR) is 118 cm³/mol. The van der Waals surface area contributed by atoms with Gasteiger partial charge in [-0.25, -0.2) is 5.43 Å². The molecule has 1 N–H and O–H groups in total. The minimum absolute atomic E-state index is 0.285. The molecule has 0 heterocycles. The number of hydrazone groups is 1. The molecule has 5 heteroatoms. The van der Waals surface area contributed by atoms with Crippen LogP contribution in [0.4, 0.5) is 0 Å². The number of fused-ring (bicyclic) bond motifs is 1. The minimum atomic E-state index is -0.632. The minimum Gasteiger partial charge on any atom is -0.479 e. The number of carbonyl (C=O) groups excluding carboxylic acids is 1. The van der Waals surface area contributed by atoms with Crippen molar-refractivity contribution in [3.8, 4) is 5.75 Å². The Hall–Kier alpha value is -2.92. The van der Waals surface area contributed by atoms with E-state index in [-0.39, 0.29) is 5.91 Å². The lowest BCUT2D eigenvalue weighted by atomic mass is 10.1. The first-order valence-electron chi connectivity index (χ1n) is 9.07. The number of benzene rings is 3. The highest BCUT2D eigenvalue weighted by Gasteiger charge is 2.19. The average Bonchev–Trinajstić information content (AvgIpc) is 2.74. The van der Waals surface area contributed by atoms with Crippen LogP contribution in [0.5, 0.6) is 5.75 Å². The van der Waals surface area contributed by atoms with Crippen LogP contribution in [0.2, 0.25) is 0 Å². The first-order valence-corrected chi connectivity index (χ1v) is 9.87. The molecule has 1 unspecified atom stereocenters. The Bertz CT molecular complexity index is 1000. The maximum Gasteiger partial charge on any atom is 0.281 e. The summed E-state index contributed by atoms with van der Waals surface area (Å²) in [5.41, 5.74) is 3.60. The Labute approximate surface area is 173 Å². The zero-order chi connectivity index (χ0) is 19.8. The standard InChI is InChI=1S/C23H21BrN2O2/c1-2-20(23(27)26-25-16-8-11-17-9-4-3-5-10-17)28-21-15-14-18-12-6-7-13-19(18)22(21)24/h3-16,20H,2H2,1H3,(H,26,27). The van der Waals surface area contributed by atoms with E-state index in [1.54, 1.807) is 12.3 Å². The number of amides is 1. The van der Waals surface area contributed by atoms with Crippen molar-refractivity contribution in [3.05, 3.63) is 82.8 Å². The first kappa shape index (κ1) is 19.8. The number of rotatable bonds is 7. The molecule has 0 radical (unpaired) electrons. The summed E-state index contributed by atoms with van der Waals surface area (Å²) in [7, 11) is 0. The molecule has 0 aromatic heterocycles. The van der Waals surface area contributed by atoms with E-state index in [0.29, 0.717) is 12.2 Å². The van der Waals surface area contributed by atoms with Gasteiger partial charge in [0.1, 0.15) is 5.75 Å². The van der Waals surface area contributed by atoms with Gasteiger partial charge in [-0.15, -0.1) is 0 Å². The average molecular weight is 437 g/mol. The predicted octanol–water partition coefficient (Wildman–Crippen LogP) is 5.58. The van der Waals surface area contributed by atoms with Crippen LogP contribution in [0, 0.1) is 0 Å². The summed E-state index contributed by atoms with van der Waals surface area (Å²) in [5.74, 6) is 0.348. The lowest BCUT2D eigenvalue weighted by Crippen LogP contribution is -2.35. The second kappa shape index (κ2) is 9.85. The van der Waals surface area contributed by atoms with Gasteiger partial charge in [0.25, 0.3) is 5.91 Å². The molecule has 0 fully saturated rings. The van der Waals surface area contributed by atoms with Gasteiger partial charge in [0.2, 0.25) is 0 Å². The van der Waals surface area contributed by atoms with Crippen LogP contribution in [-0.2, 0) is 4.79 Å². The fourth-order valence-corrected chi connectivity index (χ4v) is 3.30. The zero-order valence-corrected chi connectivity index (χ0v) is 17.1. The van der Waals surface area contributed by atoms with E-state index >= 15 is 0 Å². The van der Waals surface area contributed by atoms with E-state index in [9.17, 15) is 4.79 Å². The fraction of sp³-hybridized carbons (Fsp3) is 0.130. The third-order valence-electron chi connectivity index (χ3n) is 4.18. The van der Waals surface area contributed by atoms with Crippen LogP contribution in [0.25, 0.3) is 16.8 Å². The highest BCUT2D eigenvalue weighted by molar-refractivity contribution is 9.10. The molecule has 1 amide bonds. The first-order chi connectivity index (χ1) is 13.7. The second-order valence-corrected chi connectivity index (χ2v) is 6.93. The smallest absolute Gasteiger partial charge is 0.281 e. The van der Waals surface area contributed by atoms with E-state index in [2.05, 4.69) is 26.5 Å². The lowest BCUT2D eigenvalue weighted by molar-refractivity contribution is -0.128. The highest BCUT2D eigenvalue weighted by Crippen LogP contribution is 2.33. The van der Waals surface area contributed by atoms with Crippen molar-refractivity contribution < 1.29 is 9.53 Å². The third kappa shape index (κ3) is 5.08. The van der Waals surface area contributed by atoms with Gasteiger partial charge in [-0.2, -0.15) is 5.10 Å². The fourth-order valence-electron chi connectivity index (χ4n) is 2.71. The molecule has 3 rings (SSSR count). The number of hydrogen-bond donors (Lipinski definition) is 1. The Kier molecular flexibility index (Phi) is 6.98. The summed E-state index contributed by atoms with van der Waals surface area (Å²) in [4.78, 5) is 12.4. The van der Waals surface area contributed by atoms with Gasteiger partial charge >= 0.3 is 0 Å². The van der Waals surface area contributed by atoms with Gasteiger partial charge in [0.05, 0.1) is 4.47 Å². The summed E-state index contributed by atoms with van der Waals surface area (Å²) >= 11 is 3.59. The summed E-state index contributed by atoms with van der Waals surface area (Å²) < 4.78 is 6.78. The van der Waals surface area contributed by atoms with Gasteiger partial charge in [-0.1, -0.05) is 73.7 Å². The van der Waals surface area contributed by atoms with Crippen molar-refractivity contribution >= 4 is 44.9 Å². The van der Waals surface area contributed by atoms with Crippen LogP contribution in [-0.4, -0.2) is 18.2 Å². The van der Waals surface area contributed by atoms with E-state index < -0.39 is 6.10 Å². The molecule has 0 spiro atoms. The van der Waals surface area contributed by atoms with Gasteiger partial charge in [0.15, 0.2) is 6.10 Å². The molecule has 0 aliphatic heterocycles. The topological polar surface area (TPSA) is 50.7 Å². The molecule has 3 aromatic carbocycles. The van der Waals surface area contributed by atoms with Crippen LogP contribution in [0.3, 0.4) is 0 Å².